The Hall–Kier alpha value is -0.980. The lowest BCUT2D eigenvalue weighted by molar-refractivity contribution is 0.309. The normalized spacial score (nSPS) is 18.6. The molecule has 0 atom stereocenters. The first-order valence-electron chi connectivity index (χ1n) is 6.43. The highest BCUT2D eigenvalue weighted by Crippen LogP contribution is 2.36. The molecular weight excluding hydrogens is 267 g/mol. The summed E-state index contributed by atoms with van der Waals surface area (Å²) < 4.78 is 39.8. The first-order valence-corrected chi connectivity index (χ1v) is 7.91. The number of halogens is 1. The van der Waals surface area contributed by atoms with Crippen LogP contribution in [0.3, 0.4) is 0 Å². The van der Waals surface area contributed by atoms with Gasteiger partial charge in [0.1, 0.15) is 5.82 Å². The Morgan fingerprint density at radius 1 is 1.32 bits per heavy atom. The van der Waals surface area contributed by atoms with Crippen LogP contribution in [0.15, 0.2) is 29.2 Å². The average Bonchev–Trinajstić information content (AvgIpc) is 2.86. The van der Waals surface area contributed by atoms with Crippen molar-refractivity contribution in [3.63, 3.8) is 0 Å². The molecule has 0 heterocycles. The second kappa shape index (κ2) is 5.56. The third-order valence-corrected chi connectivity index (χ3v) is 5.24. The van der Waals surface area contributed by atoms with Gasteiger partial charge < -0.3 is 5.73 Å². The first kappa shape index (κ1) is 14.4. The van der Waals surface area contributed by atoms with Crippen molar-refractivity contribution >= 4 is 10.0 Å². The summed E-state index contributed by atoms with van der Waals surface area (Å²) in [4.78, 5) is -0.0438. The summed E-state index contributed by atoms with van der Waals surface area (Å²) in [6.07, 6.45) is 4.04. The van der Waals surface area contributed by atoms with Gasteiger partial charge in [-0.25, -0.2) is 17.5 Å². The third kappa shape index (κ3) is 3.32. The van der Waals surface area contributed by atoms with E-state index in [9.17, 15) is 12.8 Å². The summed E-state index contributed by atoms with van der Waals surface area (Å²) in [6, 6.07) is 5.01. The third-order valence-electron chi connectivity index (χ3n) is 3.84. The molecular formula is C13H19FN2O2S. The van der Waals surface area contributed by atoms with Gasteiger partial charge in [-0.15, -0.1) is 0 Å². The maximum Gasteiger partial charge on any atom is 0.240 e. The SMILES string of the molecule is NCC1(CNS(=O)(=O)c2cccc(F)c2)CCCC1. The minimum atomic E-state index is -3.66. The summed E-state index contributed by atoms with van der Waals surface area (Å²) in [6.45, 7) is 0.793. The average molecular weight is 286 g/mol. The molecule has 4 nitrogen and oxygen atoms in total. The van der Waals surface area contributed by atoms with Crippen LogP contribution in [0.4, 0.5) is 4.39 Å². The monoisotopic (exact) mass is 286 g/mol. The van der Waals surface area contributed by atoms with Gasteiger partial charge in [0.15, 0.2) is 0 Å². The molecule has 1 saturated carbocycles. The van der Waals surface area contributed by atoms with Crippen LogP contribution in [0.25, 0.3) is 0 Å². The van der Waals surface area contributed by atoms with Crippen LogP contribution < -0.4 is 10.5 Å². The zero-order valence-electron chi connectivity index (χ0n) is 10.7. The van der Waals surface area contributed by atoms with E-state index in [1.54, 1.807) is 0 Å². The lowest BCUT2D eigenvalue weighted by atomic mass is 9.87. The standard InChI is InChI=1S/C13H19FN2O2S/c14-11-4-3-5-12(8-11)19(17,18)16-10-13(9-15)6-1-2-7-13/h3-5,8,16H,1-2,6-7,9-10,15H2. The van der Waals surface area contributed by atoms with E-state index in [0.29, 0.717) is 13.1 Å². The van der Waals surface area contributed by atoms with Gasteiger partial charge >= 0.3 is 0 Å². The maximum atomic E-state index is 13.1. The van der Waals surface area contributed by atoms with E-state index in [2.05, 4.69) is 4.72 Å². The number of hydrogen-bond donors (Lipinski definition) is 2. The van der Waals surface area contributed by atoms with E-state index < -0.39 is 15.8 Å². The maximum absolute atomic E-state index is 13.1. The highest BCUT2D eigenvalue weighted by atomic mass is 32.2. The van der Waals surface area contributed by atoms with Gasteiger partial charge in [-0.05, 0) is 43.0 Å². The van der Waals surface area contributed by atoms with Gasteiger partial charge in [0.05, 0.1) is 4.90 Å². The molecule has 0 unspecified atom stereocenters. The fraction of sp³-hybridized carbons (Fsp3) is 0.538. The predicted molar refractivity (Wildman–Crippen MR) is 71.5 cm³/mol. The summed E-state index contributed by atoms with van der Waals surface area (Å²) in [5, 5.41) is 0. The minimum absolute atomic E-state index is 0.0438. The molecule has 1 aromatic rings. The van der Waals surface area contributed by atoms with Crippen molar-refractivity contribution in [2.45, 2.75) is 30.6 Å². The molecule has 1 aliphatic rings. The highest BCUT2D eigenvalue weighted by molar-refractivity contribution is 7.89. The number of nitrogens with one attached hydrogen (secondary N) is 1. The van der Waals surface area contributed by atoms with E-state index in [1.165, 1.54) is 18.2 Å². The summed E-state index contributed by atoms with van der Waals surface area (Å²) in [5.74, 6) is -0.558. The molecule has 0 spiro atoms. The molecule has 3 N–H and O–H groups in total. The van der Waals surface area contributed by atoms with Gasteiger partial charge in [-0.1, -0.05) is 18.9 Å². The predicted octanol–water partition coefficient (Wildman–Crippen LogP) is 1.62. The first-order chi connectivity index (χ1) is 8.97. The van der Waals surface area contributed by atoms with Crippen LogP contribution in [-0.4, -0.2) is 21.5 Å². The van der Waals surface area contributed by atoms with E-state index in [1.807, 2.05) is 0 Å². The molecule has 0 aliphatic heterocycles. The molecule has 2 rings (SSSR count). The topological polar surface area (TPSA) is 72.2 Å². The van der Waals surface area contributed by atoms with Gasteiger partial charge in [-0.3, -0.25) is 0 Å². The van der Waals surface area contributed by atoms with Gasteiger partial charge in [-0.2, -0.15) is 0 Å². The zero-order chi connectivity index (χ0) is 13.9. The summed E-state index contributed by atoms with van der Waals surface area (Å²) in [7, 11) is -3.66. The second-order valence-electron chi connectivity index (χ2n) is 5.19. The van der Waals surface area contributed by atoms with Gasteiger partial charge in [0.2, 0.25) is 10.0 Å². The fourth-order valence-corrected chi connectivity index (χ4v) is 3.73. The van der Waals surface area contributed by atoms with Crippen LogP contribution in [0, 0.1) is 11.2 Å². The second-order valence-corrected chi connectivity index (χ2v) is 6.96. The molecule has 6 heteroatoms. The zero-order valence-corrected chi connectivity index (χ0v) is 11.5. The van der Waals surface area contributed by atoms with Gasteiger partial charge in [0.25, 0.3) is 0 Å². The lowest BCUT2D eigenvalue weighted by Gasteiger charge is -2.27. The van der Waals surface area contributed by atoms with Crippen molar-refractivity contribution < 1.29 is 12.8 Å². The number of nitrogens with two attached hydrogens (primary N) is 1. The molecule has 0 bridgehead atoms. The van der Waals surface area contributed by atoms with Crippen LogP contribution in [0.5, 0.6) is 0 Å². The van der Waals surface area contributed by atoms with E-state index in [0.717, 1.165) is 31.7 Å². The van der Waals surface area contributed by atoms with Crippen molar-refractivity contribution in [3.8, 4) is 0 Å². The van der Waals surface area contributed by atoms with E-state index in [4.69, 9.17) is 5.73 Å². The number of rotatable bonds is 5. The molecule has 0 radical (unpaired) electrons. The molecule has 0 amide bonds. The largest absolute Gasteiger partial charge is 0.330 e. The number of hydrogen-bond acceptors (Lipinski definition) is 3. The smallest absolute Gasteiger partial charge is 0.240 e. The summed E-state index contributed by atoms with van der Waals surface area (Å²) in [5.41, 5.74) is 5.63. The molecule has 106 valence electrons. The fourth-order valence-electron chi connectivity index (χ4n) is 2.54. The van der Waals surface area contributed by atoms with Crippen LogP contribution >= 0.6 is 0 Å². The molecule has 1 fully saturated rings. The molecule has 19 heavy (non-hydrogen) atoms. The van der Waals surface area contributed by atoms with Crippen molar-refractivity contribution in [2.24, 2.45) is 11.1 Å². The number of benzene rings is 1. The highest BCUT2D eigenvalue weighted by Gasteiger charge is 2.33. The Morgan fingerprint density at radius 2 is 2.00 bits per heavy atom. The van der Waals surface area contributed by atoms with Gasteiger partial charge in [0, 0.05) is 6.54 Å². The Labute approximate surface area is 113 Å². The van der Waals surface area contributed by atoms with Crippen LogP contribution in [0.2, 0.25) is 0 Å². The molecule has 1 aliphatic carbocycles. The Kier molecular flexibility index (Phi) is 4.23. The Morgan fingerprint density at radius 3 is 2.58 bits per heavy atom. The van der Waals surface area contributed by atoms with Crippen LogP contribution in [0.1, 0.15) is 25.7 Å². The van der Waals surface area contributed by atoms with Crippen molar-refractivity contribution in [1.29, 1.82) is 0 Å². The minimum Gasteiger partial charge on any atom is -0.330 e. The Bertz CT molecular complexity index is 539. The van der Waals surface area contributed by atoms with Crippen molar-refractivity contribution in [2.75, 3.05) is 13.1 Å². The summed E-state index contributed by atoms with van der Waals surface area (Å²) >= 11 is 0. The van der Waals surface area contributed by atoms with E-state index >= 15 is 0 Å². The number of sulfonamides is 1. The van der Waals surface area contributed by atoms with Crippen molar-refractivity contribution in [3.05, 3.63) is 30.1 Å². The van der Waals surface area contributed by atoms with Crippen LogP contribution in [-0.2, 0) is 10.0 Å². The molecule has 1 aromatic carbocycles. The molecule has 0 saturated heterocycles. The van der Waals surface area contributed by atoms with E-state index in [-0.39, 0.29) is 10.3 Å². The quantitative estimate of drug-likeness (QED) is 0.864. The van der Waals surface area contributed by atoms with Crippen molar-refractivity contribution in [1.82, 2.24) is 4.72 Å². The lowest BCUT2D eigenvalue weighted by Crippen LogP contribution is -2.40. The Balaban J connectivity index is 2.09. The molecule has 0 aromatic heterocycles.